The Bertz CT molecular complexity index is 1310. The number of nitrogen functional groups attached to an aromatic ring is 1. The van der Waals surface area contributed by atoms with Crippen molar-refractivity contribution in [2.45, 2.75) is 32.4 Å². The van der Waals surface area contributed by atoms with E-state index in [9.17, 15) is 4.79 Å². The molecule has 0 aliphatic carbocycles. The van der Waals surface area contributed by atoms with E-state index in [1.54, 1.807) is 7.11 Å². The Balaban J connectivity index is 1.46. The fraction of sp³-hybridized carbons (Fsp3) is 0.346. The van der Waals surface area contributed by atoms with Crippen molar-refractivity contribution >= 4 is 33.9 Å². The molecule has 0 unspecified atom stereocenters. The van der Waals surface area contributed by atoms with Crippen molar-refractivity contribution < 1.29 is 9.53 Å². The average Bonchev–Trinajstić information content (AvgIpc) is 3.15. The third-order valence-electron chi connectivity index (χ3n) is 6.52. The summed E-state index contributed by atoms with van der Waals surface area (Å²) in [6.07, 6.45) is 3.75. The van der Waals surface area contributed by atoms with Gasteiger partial charge in [0, 0.05) is 19.6 Å². The maximum Gasteiger partial charge on any atom is 0.257 e. The minimum atomic E-state index is -0.250. The molecule has 0 radical (unpaired) electrons. The number of piperidine rings is 1. The lowest BCUT2D eigenvalue weighted by Gasteiger charge is -2.26. The predicted molar refractivity (Wildman–Crippen MR) is 134 cm³/mol. The molecule has 1 amide bonds. The standard InChI is InChI=1S/C26H30N6O2/c1-34-19-11-9-18(10-12-19)17-28-26(33)22-23-25(30-21-8-4-3-7-20(21)29-23)32(24(22)27)16-15-31-13-5-2-6-14-31/h3-4,7-12H,2,5-6,13-17,27H2,1H3,(H,28,33). The zero-order valence-electron chi connectivity index (χ0n) is 19.5. The van der Waals surface area contributed by atoms with Crippen molar-refractivity contribution in [1.82, 2.24) is 24.8 Å². The van der Waals surface area contributed by atoms with Gasteiger partial charge in [-0.2, -0.15) is 0 Å². The first-order valence-electron chi connectivity index (χ1n) is 11.8. The van der Waals surface area contributed by atoms with Gasteiger partial charge in [0.25, 0.3) is 5.91 Å². The van der Waals surface area contributed by atoms with E-state index < -0.39 is 0 Å². The zero-order chi connectivity index (χ0) is 23.5. The van der Waals surface area contributed by atoms with Crippen LogP contribution in [-0.2, 0) is 13.1 Å². The Hall–Kier alpha value is -3.65. The molecule has 3 N–H and O–H groups in total. The third-order valence-corrected chi connectivity index (χ3v) is 6.52. The number of carbonyl (C=O) groups excluding carboxylic acids is 1. The fourth-order valence-corrected chi connectivity index (χ4v) is 4.61. The van der Waals surface area contributed by atoms with E-state index in [-0.39, 0.29) is 5.91 Å². The van der Waals surface area contributed by atoms with E-state index in [4.69, 9.17) is 20.4 Å². The molecule has 0 spiro atoms. The summed E-state index contributed by atoms with van der Waals surface area (Å²) in [5.41, 5.74) is 10.7. The second-order valence-electron chi connectivity index (χ2n) is 8.73. The average molecular weight is 459 g/mol. The molecule has 8 heteroatoms. The number of nitrogens with two attached hydrogens (primary N) is 1. The molecule has 0 saturated carbocycles. The van der Waals surface area contributed by atoms with Gasteiger partial charge in [0.15, 0.2) is 5.65 Å². The molecule has 176 valence electrons. The number of anilines is 1. The van der Waals surface area contributed by atoms with Gasteiger partial charge in [-0.3, -0.25) is 4.79 Å². The number of fused-ring (bicyclic) bond motifs is 2. The Morgan fingerprint density at radius 3 is 2.41 bits per heavy atom. The minimum absolute atomic E-state index is 0.250. The summed E-state index contributed by atoms with van der Waals surface area (Å²) in [7, 11) is 1.63. The number of carbonyl (C=O) groups is 1. The van der Waals surface area contributed by atoms with Gasteiger partial charge in [-0.25, -0.2) is 9.97 Å². The van der Waals surface area contributed by atoms with Crippen LogP contribution in [0.1, 0.15) is 35.2 Å². The smallest absolute Gasteiger partial charge is 0.257 e. The lowest BCUT2D eigenvalue weighted by Crippen LogP contribution is -2.32. The molecular formula is C26H30N6O2. The first kappa shape index (κ1) is 22.2. The van der Waals surface area contributed by atoms with Gasteiger partial charge in [-0.1, -0.05) is 30.7 Å². The van der Waals surface area contributed by atoms with Crippen LogP contribution in [0.5, 0.6) is 5.75 Å². The highest BCUT2D eigenvalue weighted by Crippen LogP contribution is 2.28. The molecule has 0 atom stereocenters. The van der Waals surface area contributed by atoms with Crippen molar-refractivity contribution in [3.8, 4) is 5.75 Å². The highest BCUT2D eigenvalue weighted by molar-refractivity contribution is 6.10. The first-order valence-corrected chi connectivity index (χ1v) is 11.8. The molecule has 0 bridgehead atoms. The highest BCUT2D eigenvalue weighted by Gasteiger charge is 2.24. The summed E-state index contributed by atoms with van der Waals surface area (Å²) in [5, 5.41) is 3.00. The number of likely N-dealkylation sites (tertiary alicyclic amines) is 1. The number of aromatic nitrogens is 3. The SMILES string of the molecule is COc1ccc(CNC(=O)c2c(N)n(CCN3CCCCC3)c3nc4ccccc4nc23)cc1. The van der Waals surface area contributed by atoms with E-state index >= 15 is 0 Å². The Morgan fingerprint density at radius 2 is 1.71 bits per heavy atom. The Kier molecular flexibility index (Phi) is 6.31. The van der Waals surface area contributed by atoms with Crippen molar-refractivity contribution in [3.05, 3.63) is 59.7 Å². The maximum atomic E-state index is 13.3. The monoisotopic (exact) mass is 458 g/mol. The number of hydrogen-bond acceptors (Lipinski definition) is 6. The van der Waals surface area contributed by atoms with Crippen LogP contribution in [0.15, 0.2) is 48.5 Å². The maximum absolute atomic E-state index is 13.3. The lowest BCUT2D eigenvalue weighted by molar-refractivity contribution is 0.0953. The number of rotatable bonds is 7. The Labute approximate surface area is 198 Å². The highest BCUT2D eigenvalue weighted by atomic mass is 16.5. The summed E-state index contributed by atoms with van der Waals surface area (Å²) in [6, 6.07) is 15.3. The number of ether oxygens (including phenoxy) is 1. The van der Waals surface area contributed by atoms with Gasteiger partial charge in [-0.15, -0.1) is 0 Å². The van der Waals surface area contributed by atoms with E-state index in [1.807, 2.05) is 53.1 Å². The topological polar surface area (TPSA) is 98.3 Å². The molecule has 34 heavy (non-hydrogen) atoms. The molecular weight excluding hydrogens is 428 g/mol. The van der Waals surface area contributed by atoms with Gasteiger partial charge < -0.3 is 25.3 Å². The number of amides is 1. The van der Waals surface area contributed by atoms with Gasteiger partial charge in [0.05, 0.1) is 18.1 Å². The molecule has 3 heterocycles. The van der Waals surface area contributed by atoms with E-state index in [0.717, 1.165) is 42.0 Å². The molecule has 1 aliphatic heterocycles. The second-order valence-corrected chi connectivity index (χ2v) is 8.73. The number of para-hydroxylation sites is 2. The summed E-state index contributed by atoms with van der Waals surface area (Å²) in [6.45, 7) is 4.12. The minimum Gasteiger partial charge on any atom is -0.497 e. The van der Waals surface area contributed by atoms with Crippen LogP contribution >= 0.6 is 0 Å². The Morgan fingerprint density at radius 1 is 1.00 bits per heavy atom. The van der Waals surface area contributed by atoms with E-state index in [0.29, 0.717) is 35.6 Å². The van der Waals surface area contributed by atoms with Gasteiger partial charge in [0.2, 0.25) is 0 Å². The van der Waals surface area contributed by atoms with Crippen LogP contribution in [0, 0.1) is 0 Å². The predicted octanol–water partition coefficient (Wildman–Crippen LogP) is 3.59. The summed E-state index contributed by atoms with van der Waals surface area (Å²) in [4.78, 5) is 25.4. The number of hydrogen-bond donors (Lipinski definition) is 2. The number of methoxy groups -OCH3 is 1. The molecule has 1 saturated heterocycles. The van der Waals surface area contributed by atoms with Crippen LogP contribution in [-0.4, -0.2) is 52.1 Å². The number of nitrogens with zero attached hydrogens (tertiary/aromatic N) is 4. The van der Waals surface area contributed by atoms with Crippen LogP contribution in [0.3, 0.4) is 0 Å². The van der Waals surface area contributed by atoms with Gasteiger partial charge in [-0.05, 0) is 55.8 Å². The van der Waals surface area contributed by atoms with Crippen LogP contribution in [0.4, 0.5) is 5.82 Å². The van der Waals surface area contributed by atoms with Crippen LogP contribution in [0.25, 0.3) is 22.2 Å². The molecule has 2 aromatic carbocycles. The van der Waals surface area contributed by atoms with Gasteiger partial charge >= 0.3 is 0 Å². The summed E-state index contributed by atoms with van der Waals surface area (Å²) < 4.78 is 7.16. The molecule has 2 aromatic heterocycles. The molecule has 8 nitrogen and oxygen atoms in total. The molecule has 4 aromatic rings. The normalized spacial score (nSPS) is 14.5. The van der Waals surface area contributed by atoms with Crippen molar-refractivity contribution in [2.75, 3.05) is 32.5 Å². The van der Waals surface area contributed by atoms with Gasteiger partial charge in [0.1, 0.15) is 22.6 Å². The number of nitrogens with one attached hydrogen (secondary N) is 1. The van der Waals surface area contributed by atoms with Crippen molar-refractivity contribution in [2.24, 2.45) is 0 Å². The number of benzene rings is 2. The summed E-state index contributed by atoms with van der Waals surface area (Å²) in [5.74, 6) is 0.937. The zero-order valence-corrected chi connectivity index (χ0v) is 19.5. The molecule has 5 rings (SSSR count). The van der Waals surface area contributed by atoms with Crippen LogP contribution < -0.4 is 15.8 Å². The second kappa shape index (κ2) is 9.69. The van der Waals surface area contributed by atoms with Crippen molar-refractivity contribution in [1.29, 1.82) is 0 Å². The van der Waals surface area contributed by atoms with Crippen LogP contribution in [0.2, 0.25) is 0 Å². The molecule has 1 fully saturated rings. The van der Waals surface area contributed by atoms with E-state index in [2.05, 4.69) is 10.2 Å². The quantitative estimate of drug-likeness (QED) is 0.439. The third kappa shape index (κ3) is 4.41. The fourth-order valence-electron chi connectivity index (χ4n) is 4.61. The first-order chi connectivity index (χ1) is 16.6. The lowest BCUT2D eigenvalue weighted by atomic mass is 10.1. The largest absolute Gasteiger partial charge is 0.497 e. The van der Waals surface area contributed by atoms with Crippen molar-refractivity contribution in [3.63, 3.8) is 0 Å². The van der Waals surface area contributed by atoms with E-state index in [1.165, 1.54) is 19.3 Å². The summed E-state index contributed by atoms with van der Waals surface area (Å²) >= 11 is 0. The molecule has 1 aliphatic rings.